The first-order valence-electron chi connectivity index (χ1n) is 5.66. The van der Waals surface area contributed by atoms with E-state index in [1.165, 1.54) is 30.1 Å². The van der Waals surface area contributed by atoms with Crippen molar-refractivity contribution >= 4 is 16.8 Å². The molecule has 2 aliphatic carbocycles. The van der Waals surface area contributed by atoms with E-state index in [0.29, 0.717) is 18.0 Å². The molecule has 1 unspecified atom stereocenters. The standard InChI is InChI=1S/C11H18N2S/c1-7-2-3-11(4-8(7)11)9-6-14-10(5-12)13-9/h7-9H,2-6,12H2,1H3/t7-,8-,9?,11+/m1/s1. The van der Waals surface area contributed by atoms with Crippen LogP contribution in [-0.4, -0.2) is 23.4 Å². The molecule has 1 aliphatic heterocycles. The summed E-state index contributed by atoms with van der Waals surface area (Å²) in [7, 11) is 0. The quantitative estimate of drug-likeness (QED) is 0.756. The lowest BCUT2D eigenvalue weighted by Gasteiger charge is -2.16. The largest absolute Gasteiger partial charge is 0.325 e. The highest BCUT2D eigenvalue weighted by atomic mass is 32.2. The lowest BCUT2D eigenvalue weighted by atomic mass is 9.95. The number of fused-ring (bicyclic) bond motifs is 1. The van der Waals surface area contributed by atoms with E-state index in [1.54, 1.807) is 0 Å². The van der Waals surface area contributed by atoms with Crippen LogP contribution in [0.15, 0.2) is 4.99 Å². The number of hydrogen-bond donors (Lipinski definition) is 1. The van der Waals surface area contributed by atoms with E-state index in [2.05, 4.69) is 6.92 Å². The van der Waals surface area contributed by atoms with Crippen LogP contribution >= 0.6 is 11.8 Å². The van der Waals surface area contributed by atoms with Crippen LogP contribution in [0.1, 0.15) is 26.2 Å². The minimum atomic E-state index is 0.612. The van der Waals surface area contributed by atoms with Crippen LogP contribution in [0.2, 0.25) is 0 Å². The van der Waals surface area contributed by atoms with Crippen molar-refractivity contribution in [3.05, 3.63) is 0 Å². The topological polar surface area (TPSA) is 38.4 Å². The molecule has 0 aromatic rings. The molecule has 3 aliphatic rings. The van der Waals surface area contributed by atoms with E-state index in [9.17, 15) is 0 Å². The van der Waals surface area contributed by atoms with E-state index in [1.807, 2.05) is 11.8 Å². The van der Waals surface area contributed by atoms with Crippen molar-refractivity contribution in [2.75, 3.05) is 12.3 Å². The molecule has 2 fully saturated rings. The van der Waals surface area contributed by atoms with Crippen molar-refractivity contribution < 1.29 is 0 Å². The first kappa shape index (κ1) is 9.22. The van der Waals surface area contributed by atoms with E-state index in [0.717, 1.165) is 11.8 Å². The molecule has 0 saturated heterocycles. The average molecular weight is 210 g/mol. The molecule has 0 spiro atoms. The fourth-order valence-corrected chi connectivity index (χ4v) is 4.56. The molecule has 2 saturated carbocycles. The van der Waals surface area contributed by atoms with Gasteiger partial charge in [-0.25, -0.2) is 0 Å². The van der Waals surface area contributed by atoms with E-state index in [4.69, 9.17) is 10.7 Å². The SMILES string of the molecule is C[C@@H]1CC[C@]2(C3CSC(CN)=N3)C[C@H]12. The third kappa shape index (κ3) is 1.12. The highest BCUT2D eigenvalue weighted by molar-refractivity contribution is 8.14. The average Bonchev–Trinajstić information content (AvgIpc) is 2.60. The summed E-state index contributed by atoms with van der Waals surface area (Å²) in [6, 6.07) is 0.612. The maximum absolute atomic E-state index is 5.63. The summed E-state index contributed by atoms with van der Waals surface area (Å²) in [5, 5.41) is 1.19. The normalized spacial score (nSPS) is 50.4. The molecule has 3 heteroatoms. The highest BCUT2D eigenvalue weighted by Crippen LogP contribution is 2.69. The van der Waals surface area contributed by atoms with Crippen molar-refractivity contribution in [3.8, 4) is 0 Å². The van der Waals surface area contributed by atoms with Gasteiger partial charge in [0, 0.05) is 12.3 Å². The van der Waals surface area contributed by atoms with Crippen molar-refractivity contribution in [2.24, 2.45) is 28.0 Å². The van der Waals surface area contributed by atoms with Gasteiger partial charge >= 0.3 is 0 Å². The zero-order valence-corrected chi connectivity index (χ0v) is 9.52. The van der Waals surface area contributed by atoms with Gasteiger partial charge in [0.25, 0.3) is 0 Å². The van der Waals surface area contributed by atoms with E-state index in [-0.39, 0.29) is 0 Å². The summed E-state index contributed by atoms with van der Waals surface area (Å²) >= 11 is 1.89. The molecule has 0 aromatic carbocycles. The third-order valence-corrected chi connectivity index (χ3v) is 5.56. The Morgan fingerprint density at radius 2 is 2.50 bits per heavy atom. The molecule has 2 N–H and O–H groups in total. The summed E-state index contributed by atoms with van der Waals surface area (Å²) in [4.78, 5) is 4.79. The molecule has 0 aromatic heterocycles. The van der Waals surface area contributed by atoms with Crippen LogP contribution in [-0.2, 0) is 0 Å². The Hall–Kier alpha value is -0.0200. The van der Waals surface area contributed by atoms with Crippen LogP contribution in [0, 0.1) is 17.3 Å². The van der Waals surface area contributed by atoms with Gasteiger partial charge in [-0.1, -0.05) is 6.92 Å². The number of hydrogen-bond acceptors (Lipinski definition) is 3. The Bertz CT molecular complexity index is 289. The zero-order chi connectivity index (χ0) is 9.76. The predicted molar refractivity (Wildman–Crippen MR) is 61.7 cm³/mol. The Kier molecular flexibility index (Phi) is 1.97. The number of aliphatic imine (C=N–C) groups is 1. The van der Waals surface area contributed by atoms with Gasteiger partial charge in [-0.05, 0) is 36.5 Å². The maximum Gasteiger partial charge on any atom is 0.0816 e. The lowest BCUT2D eigenvalue weighted by Crippen LogP contribution is -2.20. The second-order valence-corrected chi connectivity index (χ2v) is 6.21. The monoisotopic (exact) mass is 210 g/mol. The first-order chi connectivity index (χ1) is 6.76. The molecule has 0 amide bonds. The van der Waals surface area contributed by atoms with Gasteiger partial charge in [0.15, 0.2) is 0 Å². The number of thioether (sulfide) groups is 1. The van der Waals surface area contributed by atoms with Crippen LogP contribution in [0.5, 0.6) is 0 Å². The van der Waals surface area contributed by atoms with Gasteiger partial charge < -0.3 is 5.73 Å². The second-order valence-electron chi connectivity index (χ2n) is 5.11. The molecule has 14 heavy (non-hydrogen) atoms. The van der Waals surface area contributed by atoms with Crippen LogP contribution < -0.4 is 5.73 Å². The minimum Gasteiger partial charge on any atom is -0.325 e. The first-order valence-corrected chi connectivity index (χ1v) is 6.64. The predicted octanol–water partition coefficient (Wildman–Crippen LogP) is 1.90. The molecule has 0 bridgehead atoms. The fraction of sp³-hybridized carbons (Fsp3) is 0.909. The molecule has 78 valence electrons. The second kappa shape index (κ2) is 2.99. The van der Waals surface area contributed by atoms with Crippen LogP contribution in [0.4, 0.5) is 0 Å². The van der Waals surface area contributed by atoms with Gasteiger partial charge in [-0.15, -0.1) is 11.8 Å². The van der Waals surface area contributed by atoms with Crippen molar-refractivity contribution in [3.63, 3.8) is 0 Å². The Balaban J connectivity index is 1.77. The van der Waals surface area contributed by atoms with Crippen LogP contribution in [0.3, 0.4) is 0 Å². The maximum atomic E-state index is 5.63. The zero-order valence-electron chi connectivity index (χ0n) is 8.70. The Morgan fingerprint density at radius 3 is 3.00 bits per heavy atom. The third-order valence-electron chi connectivity index (χ3n) is 4.48. The summed E-state index contributed by atoms with van der Waals surface area (Å²) in [6.45, 7) is 3.06. The van der Waals surface area contributed by atoms with Gasteiger partial charge in [0.1, 0.15) is 0 Å². The molecular formula is C11H18N2S. The van der Waals surface area contributed by atoms with E-state index >= 15 is 0 Å². The molecule has 1 heterocycles. The summed E-state index contributed by atoms with van der Waals surface area (Å²) in [5.41, 5.74) is 6.26. The van der Waals surface area contributed by atoms with Gasteiger partial charge in [0.2, 0.25) is 0 Å². The van der Waals surface area contributed by atoms with Gasteiger partial charge in [0.05, 0.1) is 11.1 Å². The fourth-order valence-electron chi connectivity index (χ4n) is 3.48. The summed E-state index contributed by atoms with van der Waals surface area (Å²) in [5.74, 6) is 3.15. The highest BCUT2D eigenvalue weighted by Gasteiger charge is 2.64. The smallest absolute Gasteiger partial charge is 0.0816 e. The molecule has 2 nitrogen and oxygen atoms in total. The molecule has 0 radical (unpaired) electrons. The number of nitrogens with zero attached hydrogens (tertiary/aromatic N) is 1. The van der Waals surface area contributed by atoms with Gasteiger partial charge in [-0.2, -0.15) is 0 Å². The van der Waals surface area contributed by atoms with Gasteiger partial charge in [-0.3, -0.25) is 4.99 Å². The molecular weight excluding hydrogens is 192 g/mol. The summed E-state index contributed by atoms with van der Waals surface area (Å²) in [6.07, 6.45) is 4.30. The van der Waals surface area contributed by atoms with E-state index < -0.39 is 0 Å². The van der Waals surface area contributed by atoms with Crippen molar-refractivity contribution in [2.45, 2.75) is 32.2 Å². The molecule has 4 atom stereocenters. The number of nitrogens with two attached hydrogens (primary N) is 1. The lowest BCUT2D eigenvalue weighted by molar-refractivity contribution is 0.412. The van der Waals surface area contributed by atoms with Crippen molar-refractivity contribution in [1.29, 1.82) is 0 Å². The Labute approximate surface area is 89.7 Å². The minimum absolute atomic E-state index is 0.612. The summed E-state index contributed by atoms with van der Waals surface area (Å²) < 4.78 is 0. The number of rotatable bonds is 2. The molecule has 3 rings (SSSR count). The Morgan fingerprint density at radius 1 is 1.64 bits per heavy atom. The van der Waals surface area contributed by atoms with Crippen LogP contribution in [0.25, 0.3) is 0 Å². The van der Waals surface area contributed by atoms with Crippen molar-refractivity contribution in [1.82, 2.24) is 0 Å².